The number of rotatable bonds is 8. The summed E-state index contributed by atoms with van der Waals surface area (Å²) in [5.74, 6) is -0.00831. The Bertz CT molecular complexity index is 1140. The second kappa shape index (κ2) is 8.75. The van der Waals surface area contributed by atoms with Gasteiger partial charge >= 0.3 is 23.5 Å². The number of aromatic nitrogens is 4. The number of anilines is 1. The number of ether oxygens (including phenoxy) is 1. The molecule has 3 heterocycles. The summed E-state index contributed by atoms with van der Waals surface area (Å²) >= 11 is 0. The van der Waals surface area contributed by atoms with Gasteiger partial charge in [0.15, 0.2) is 24.0 Å². The second-order valence-electron chi connectivity index (χ2n) is 6.14. The van der Waals surface area contributed by atoms with Gasteiger partial charge in [-0.25, -0.2) is 28.6 Å². The van der Waals surface area contributed by atoms with Gasteiger partial charge in [0.05, 0.1) is 6.33 Å². The SMILES string of the molecule is Nc1ncnc2c1ncn2[C@@H]1O[C@H](C(O)OP(=O)(O)OP(=O)(O)OP(=O)(O)O)[C@@H](O)[C@H]1O. The van der Waals surface area contributed by atoms with E-state index in [0.717, 1.165) is 17.2 Å². The minimum Gasteiger partial charge on any atom is -0.387 e. The molecule has 0 aliphatic carbocycles. The molecule has 1 aliphatic heterocycles. The number of aliphatic hydroxyl groups excluding tert-OH is 3. The number of hydrogen-bond acceptors (Lipinski definition) is 14. The molecule has 1 saturated heterocycles. The van der Waals surface area contributed by atoms with Crippen molar-refractivity contribution in [1.29, 1.82) is 0 Å². The van der Waals surface area contributed by atoms with Gasteiger partial charge in [0, 0.05) is 0 Å². The summed E-state index contributed by atoms with van der Waals surface area (Å²) in [5, 5.41) is 30.4. The van der Waals surface area contributed by atoms with Crippen LogP contribution in [0.15, 0.2) is 12.7 Å². The van der Waals surface area contributed by atoms with Crippen molar-refractivity contribution in [2.75, 3.05) is 5.73 Å². The third-order valence-electron chi connectivity index (χ3n) is 3.87. The number of nitrogen functional groups attached to an aromatic ring is 1. The molecule has 0 bridgehead atoms. The van der Waals surface area contributed by atoms with E-state index in [0.29, 0.717) is 0 Å². The highest BCUT2D eigenvalue weighted by atomic mass is 31.3. The first kappa shape index (κ1) is 25.2. The van der Waals surface area contributed by atoms with E-state index in [9.17, 15) is 33.9 Å². The van der Waals surface area contributed by atoms with Crippen molar-refractivity contribution in [2.45, 2.75) is 30.8 Å². The average Bonchev–Trinajstić information content (AvgIpc) is 3.14. The van der Waals surface area contributed by atoms with Gasteiger partial charge in [0.25, 0.3) is 0 Å². The van der Waals surface area contributed by atoms with Crippen LogP contribution in [0, 0.1) is 0 Å². The van der Waals surface area contributed by atoms with Gasteiger partial charge in [0.1, 0.15) is 30.2 Å². The summed E-state index contributed by atoms with van der Waals surface area (Å²) in [6.45, 7) is 0. The molecule has 0 aromatic carbocycles. The molecular weight excluding hydrogens is 507 g/mol. The largest absolute Gasteiger partial charge is 0.490 e. The summed E-state index contributed by atoms with van der Waals surface area (Å²) in [6, 6.07) is 0. The van der Waals surface area contributed by atoms with Crippen LogP contribution >= 0.6 is 23.5 Å². The molecule has 9 N–H and O–H groups in total. The molecule has 3 unspecified atom stereocenters. The molecule has 0 saturated carbocycles. The molecule has 1 fully saturated rings. The maximum atomic E-state index is 11.8. The van der Waals surface area contributed by atoms with Gasteiger partial charge in [-0.2, -0.15) is 8.62 Å². The van der Waals surface area contributed by atoms with Crippen LogP contribution in [0.2, 0.25) is 0 Å². The monoisotopic (exact) mass is 523 g/mol. The molecule has 19 nitrogen and oxygen atoms in total. The van der Waals surface area contributed by atoms with Crippen molar-refractivity contribution in [3.8, 4) is 0 Å². The summed E-state index contributed by atoms with van der Waals surface area (Å²) in [4.78, 5) is 47.1. The van der Waals surface area contributed by atoms with Crippen LogP contribution in [0.4, 0.5) is 5.82 Å². The molecular formula is C10H16N5O14P3. The van der Waals surface area contributed by atoms with E-state index in [1.54, 1.807) is 0 Å². The standard InChI is InChI=1S/C10H16N5O14P3/c11-7-3-8(13-1-12-7)15(2-14-3)9-5(17)4(16)6(26-9)10(18)27-31(22,23)29-32(24,25)28-30(19,20)21/h1-2,4-6,9-10,16-18H,(H,22,23)(H,24,25)(H2,11,12,13)(H2,19,20,21)/t4-,5+,6-,9+,10?/m0/s1. The summed E-state index contributed by atoms with van der Waals surface area (Å²) in [5.41, 5.74) is 5.84. The van der Waals surface area contributed by atoms with Gasteiger partial charge < -0.3 is 45.4 Å². The molecule has 2 aromatic rings. The van der Waals surface area contributed by atoms with Crippen LogP contribution in [0.3, 0.4) is 0 Å². The average molecular weight is 523 g/mol. The molecule has 1 aliphatic rings. The molecule has 0 spiro atoms. The quantitative estimate of drug-likeness (QED) is 0.133. The zero-order valence-corrected chi connectivity index (χ0v) is 17.9. The third kappa shape index (κ3) is 5.56. The Kier molecular flexibility index (Phi) is 6.90. The molecule has 3 rings (SSSR count). The zero-order chi connectivity index (χ0) is 24.1. The lowest BCUT2D eigenvalue weighted by molar-refractivity contribution is -0.160. The Morgan fingerprint density at radius 1 is 1.03 bits per heavy atom. The fraction of sp³-hybridized carbons (Fsp3) is 0.500. The van der Waals surface area contributed by atoms with Gasteiger partial charge in [-0.05, 0) is 0 Å². The molecule has 180 valence electrons. The predicted molar refractivity (Wildman–Crippen MR) is 96.6 cm³/mol. The van der Waals surface area contributed by atoms with Crippen molar-refractivity contribution < 1.29 is 66.5 Å². The van der Waals surface area contributed by atoms with Crippen molar-refractivity contribution >= 4 is 40.4 Å². The number of imidazole rings is 1. The number of nitrogens with zero attached hydrogens (tertiary/aromatic N) is 4. The second-order valence-corrected chi connectivity index (χ2v) is 10.5. The molecule has 32 heavy (non-hydrogen) atoms. The number of hydrogen-bond donors (Lipinski definition) is 8. The van der Waals surface area contributed by atoms with Gasteiger partial charge in [-0.15, -0.1) is 0 Å². The highest BCUT2D eigenvalue weighted by Gasteiger charge is 2.50. The van der Waals surface area contributed by atoms with Crippen LogP contribution in [0.5, 0.6) is 0 Å². The highest BCUT2D eigenvalue weighted by Crippen LogP contribution is 2.66. The molecule has 0 radical (unpaired) electrons. The number of phosphoric ester groups is 1. The first-order chi connectivity index (χ1) is 14.6. The Labute approximate surface area is 176 Å². The molecule has 7 atom stereocenters. The van der Waals surface area contributed by atoms with Crippen molar-refractivity contribution in [3.63, 3.8) is 0 Å². The van der Waals surface area contributed by atoms with Gasteiger partial charge in [-0.1, -0.05) is 0 Å². The normalized spacial score (nSPS) is 29.0. The lowest BCUT2D eigenvalue weighted by Gasteiger charge is -2.23. The van der Waals surface area contributed by atoms with Crippen LogP contribution in [-0.4, -0.2) is 79.0 Å². The number of phosphoric acid groups is 3. The van der Waals surface area contributed by atoms with E-state index in [1.807, 2.05) is 0 Å². The lowest BCUT2D eigenvalue weighted by Crippen LogP contribution is -2.39. The number of aliphatic hydroxyl groups is 3. The predicted octanol–water partition coefficient (Wildman–Crippen LogP) is -2.31. The fourth-order valence-electron chi connectivity index (χ4n) is 2.70. The van der Waals surface area contributed by atoms with Gasteiger partial charge in [0.2, 0.25) is 0 Å². The topological polar surface area (TPSA) is 299 Å². The van der Waals surface area contributed by atoms with E-state index in [-0.39, 0.29) is 17.0 Å². The third-order valence-corrected chi connectivity index (χ3v) is 7.68. The number of fused-ring (bicyclic) bond motifs is 1. The van der Waals surface area contributed by atoms with Crippen molar-refractivity contribution in [3.05, 3.63) is 12.7 Å². The summed E-state index contributed by atoms with van der Waals surface area (Å²) in [7, 11) is -17.2. The van der Waals surface area contributed by atoms with Crippen LogP contribution in [-0.2, 0) is 31.6 Å². The minimum absolute atomic E-state index is 0.00831. The molecule has 22 heteroatoms. The van der Waals surface area contributed by atoms with Crippen molar-refractivity contribution in [2.24, 2.45) is 0 Å². The number of nitrogens with two attached hydrogens (primary N) is 1. The Morgan fingerprint density at radius 3 is 2.31 bits per heavy atom. The minimum atomic E-state index is -5.84. The van der Waals surface area contributed by atoms with Crippen LogP contribution in [0.1, 0.15) is 6.23 Å². The Hall–Kier alpha value is -1.40. The maximum absolute atomic E-state index is 11.8. The van der Waals surface area contributed by atoms with E-state index >= 15 is 0 Å². The Morgan fingerprint density at radius 2 is 1.69 bits per heavy atom. The summed E-state index contributed by atoms with van der Waals surface area (Å²) < 4.78 is 51.4. The van der Waals surface area contributed by atoms with E-state index in [4.69, 9.17) is 25.2 Å². The first-order valence-electron chi connectivity index (χ1n) is 8.05. The maximum Gasteiger partial charge on any atom is 0.490 e. The van der Waals surface area contributed by atoms with Crippen molar-refractivity contribution in [1.82, 2.24) is 19.5 Å². The molecule has 0 amide bonds. The van der Waals surface area contributed by atoms with Crippen LogP contribution < -0.4 is 5.73 Å². The highest BCUT2D eigenvalue weighted by molar-refractivity contribution is 7.66. The first-order valence-corrected chi connectivity index (χ1v) is 12.6. The smallest absolute Gasteiger partial charge is 0.387 e. The lowest BCUT2D eigenvalue weighted by atomic mass is 10.1. The summed E-state index contributed by atoms with van der Waals surface area (Å²) in [6.07, 6.45) is -7.48. The van der Waals surface area contributed by atoms with E-state index in [2.05, 4.69) is 28.1 Å². The zero-order valence-electron chi connectivity index (χ0n) is 15.2. The Balaban J connectivity index is 1.75. The van der Waals surface area contributed by atoms with E-state index in [1.165, 1.54) is 0 Å². The van der Waals surface area contributed by atoms with Gasteiger partial charge in [-0.3, -0.25) is 9.09 Å². The molecule has 2 aromatic heterocycles. The van der Waals surface area contributed by atoms with E-state index < -0.39 is 54.3 Å². The van der Waals surface area contributed by atoms with Crippen LogP contribution in [0.25, 0.3) is 11.2 Å². The fourth-order valence-corrected chi connectivity index (χ4v) is 5.76.